The highest BCUT2D eigenvalue weighted by atomic mass is 16.2. The quantitative estimate of drug-likeness (QED) is 0.820. The van der Waals surface area contributed by atoms with Gasteiger partial charge in [-0.1, -0.05) is 17.7 Å². The van der Waals surface area contributed by atoms with Gasteiger partial charge < -0.3 is 15.5 Å². The number of amides is 3. The van der Waals surface area contributed by atoms with E-state index in [2.05, 4.69) is 10.6 Å². The summed E-state index contributed by atoms with van der Waals surface area (Å²) in [5.74, 6) is -0.401. The third-order valence-electron chi connectivity index (χ3n) is 4.26. The molecule has 0 aromatic heterocycles. The molecular formula is C16H19N3O3. The van der Waals surface area contributed by atoms with E-state index in [0.717, 1.165) is 5.56 Å². The largest absolute Gasteiger partial charge is 0.347 e. The zero-order chi connectivity index (χ0) is 15.9. The highest BCUT2D eigenvalue weighted by molar-refractivity contribution is 5.98. The lowest BCUT2D eigenvalue weighted by atomic mass is 10.1. The molecule has 116 valence electrons. The van der Waals surface area contributed by atoms with E-state index in [-0.39, 0.29) is 23.8 Å². The Morgan fingerprint density at radius 2 is 1.95 bits per heavy atom. The van der Waals surface area contributed by atoms with Gasteiger partial charge in [0.15, 0.2) is 0 Å². The van der Waals surface area contributed by atoms with Crippen molar-refractivity contribution >= 4 is 17.7 Å². The van der Waals surface area contributed by atoms with Gasteiger partial charge in [-0.15, -0.1) is 0 Å². The van der Waals surface area contributed by atoms with Crippen molar-refractivity contribution in [1.29, 1.82) is 0 Å². The SMILES string of the molecule is Cc1ccc(C(=O)N[C@H]2C[C@H]3C(=O)N[C@H](C)C(=O)N3C2)cc1. The molecule has 1 aromatic carbocycles. The number of benzene rings is 1. The highest BCUT2D eigenvalue weighted by Crippen LogP contribution is 2.22. The van der Waals surface area contributed by atoms with Gasteiger partial charge >= 0.3 is 0 Å². The molecule has 2 aliphatic heterocycles. The van der Waals surface area contributed by atoms with Crippen LogP contribution in [0, 0.1) is 6.92 Å². The second-order valence-electron chi connectivity index (χ2n) is 6.01. The summed E-state index contributed by atoms with van der Waals surface area (Å²) in [6.07, 6.45) is 0.460. The molecule has 22 heavy (non-hydrogen) atoms. The van der Waals surface area contributed by atoms with Gasteiger partial charge in [0.2, 0.25) is 11.8 Å². The fourth-order valence-electron chi connectivity index (χ4n) is 3.03. The first-order chi connectivity index (χ1) is 10.5. The molecule has 0 aliphatic carbocycles. The summed E-state index contributed by atoms with van der Waals surface area (Å²) >= 11 is 0. The van der Waals surface area contributed by atoms with E-state index >= 15 is 0 Å². The predicted octanol–water partition coefficient (Wildman–Crippen LogP) is 0.213. The molecule has 2 heterocycles. The Labute approximate surface area is 128 Å². The summed E-state index contributed by atoms with van der Waals surface area (Å²) in [5.41, 5.74) is 1.67. The number of fused-ring (bicyclic) bond motifs is 1. The van der Waals surface area contributed by atoms with Crippen molar-refractivity contribution in [1.82, 2.24) is 15.5 Å². The van der Waals surface area contributed by atoms with Gasteiger partial charge in [-0.2, -0.15) is 0 Å². The van der Waals surface area contributed by atoms with E-state index in [4.69, 9.17) is 0 Å². The number of carbonyl (C=O) groups excluding carboxylic acids is 3. The predicted molar refractivity (Wildman–Crippen MR) is 80.2 cm³/mol. The molecule has 0 bridgehead atoms. The van der Waals surface area contributed by atoms with Gasteiger partial charge in [0, 0.05) is 18.2 Å². The van der Waals surface area contributed by atoms with E-state index in [0.29, 0.717) is 18.5 Å². The monoisotopic (exact) mass is 301 g/mol. The minimum atomic E-state index is -0.490. The lowest BCUT2D eigenvalue weighted by molar-refractivity contribution is -0.146. The number of rotatable bonds is 2. The second kappa shape index (κ2) is 5.44. The molecule has 0 unspecified atom stereocenters. The van der Waals surface area contributed by atoms with Gasteiger partial charge in [0.25, 0.3) is 5.91 Å². The highest BCUT2D eigenvalue weighted by Gasteiger charge is 2.45. The maximum absolute atomic E-state index is 12.2. The van der Waals surface area contributed by atoms with Crippen LogP contribution < -0.4 is 10.6 Å². The van der Waals surface area contributed by atoms with Crippen molar-refractivity contribution in [3.8, 4) is 0 Å². The molecule has 6 nitrogen and oxygen atoms in total. The lowest BCUT2D eigenvalue weighted by Gasteiger charge is -2.32. The number of nitrogens with one attached hydrogen (secondary N) is 2. The van der Waals surface area contributed by atoms with Gasteiger partial charge in [-0.3, -0.25) is 14.4 Å². The van der Waals surface area contributed by atoms with Crippen LogP contribution in [0.4, 0.5) is 0 Å². The minimum absolute atomic E-state index is 0.0864. The molecule has 3 atom stereocenters. The molecule has 2 N–H and O–H groups in total. The van der Waals surface area contributed by atoms with Crippen LogP contribution in [-0.4, -0.2) is 47.3 Å². The molecule has 3 rings (SSSR count). The number of piperazine rings is 1. The number of hydrogen-bond acceptors (Lipinski definition) is 3. The Hall–Kier alpha value is -2.37. The van der Waals surface area contributed by atoms with E-state index < -0.39 is 12.1 Å². The van der Waals surface area contributed by atoms with Crippen molar-refractivity contribution < 1.29 is 14.4 Å². The van der Waals surface area contributed by atoms with E-state index in [1.54, 1.807) is 24.0 Å². The topological polar surface area (TPSA) is 78.5 Å². The fraction of sp³-hybridized carbons (Fsp3) is 0.438. The zero-order valence-electron chi connectivity index (χ0n) is 12.6. The first kappa shape index (κ1) is 14.6. The zero-order valence-corrected chi connectivity index (χ0v) is 12.6. The maximum atomic E-state index is 12.2. The molecule has 0 radical (unpaired) electrons. The summed E-state index contributed by atoms with van der Waals surface area (Å²) in [7, 11) is 0. The van der Waals surface area contributed by atoms with Crippen LogP contribution in [0.5, 0.6) is 0 Å². The van der Waals surface area contributed by atoms with Crippen LogP contribution in [-0.2, 0) is 9.59 Å². The first-order valence-corrected chi connectivity index (χ1v) is 7.44. The molecule has 2 fully saturated rings. The molecular weight excluding hydrogens is 282 g/mol. The van der Waals surface area contributed by atoms with Gasteiger partial charge in [0.05, 0.1) is 0 Å². The third kappa shape index (κ3) is 2.56. The molecule has 1 aromatic rings. The Kier molecular flexibility index (Phi) is 3.60. The lowest BCUT2D eigenvalue weighted by Crippen LogP contribution is -2.60. The van der Waals surface area contributed by atoms with E-state index in [1.165, 1.54) is 0 Å². The molecule has 2 aliphatic rings. The average Bonchev–Trinajstić information content (AvgIpc) is 2.90. The van der Waals surface area contributed by atoms with Crippen molar-refractivity contribution in [3.05, 3.63) is 35.4 Å². The Bertz CT molecular complexity index is 626. The Morgan fingerprint density at radius 3 is 2.64 bits per heavy atom. The Morgan fingerprint density at radius 1 is 1.27 bits per heavy atom. The number of nitrogens with zero attached hydrogens (tertiary/aromatic N) is 1. The maximum Gasteiger partial charge on any atom is 0.251 e. The second-order valence-corrected chi connectivity index (χ2v) is 6.01. The Balaban J connectivity index is 1.68. The smallest absolute Gasteiger partial charge is 0.251 e. The summed E-state index contributed by atoms with van der Waals surface area (Å²) in [6, 6.07) is 6.15. The summed E-state index contributed by atoms with van der Waals surface area (Å²) in [5, 5.41) is 5.58. The van der Waals surface area contributed by atoms with E-state index in [1.807, 2.05) is 19.1 Å². The van der Waals surface area contributed by atoms with Crippen LogP contribution in [0.25, 0.3) is 0 Å². The molecule has 0 spiro atoms. The third-order valence-corrected chi connectivity index (χ3v) is 4.26. The van der Waals surface area contributed by atoms with Gasteiger partial charge in [0.1, 0.15) is 12.1 Å². The van der Waals surface area contributed by atoms with Crippen LogP contribution >= 0.6 is 0 Å². The van der Waals surface area contributed by atoms with Gasteiger partial charge in [-0.25, -0.2) is 0 Å². The van der Waals surface area contributed by atoms with Crippen molar-refractivity contribution in [2.24, 2.45) is 0 Å². The number of carbonyl (C=O) groups is 3. The summed E-state index contributed by atoms with van der Waals surface area (Å²) < 4.78 is 0. The molecule has 0 saturated carbocycles. The van der Waals surface area contributed by atoms with Crippen molar-refractivity contribution in [3.63, 3.8) is 0 Å². The summed E-state index contributed by atoms with van der Waals surface area (Å²) in [4.78, 5) is 37.8. The molecule has 6 heteroatoms. The van der Waals surface area contributed by atoms with Crippen LogP contribution in [0.2, 0.25) is 0 Å². The minimum Gasteiger partial charge on any atom is -0.347 e. The fourth-order valence-corrected chi connectivity index (χ4v) is 3.03. The summed E-state index contributed by atoms with van der Waals surface area (Å²) in [6.45, 7) is 4.02. The van der Waals surface area contributed by atoms with Crippen LogP contribution in [0.15, 0.2) is 24.3 Å². The number of hydrogen-bond donors (Lipinski definition) is 2. The normalized spacial score (nSPS) is 27.4. The van der Waals surface area contributed by atoms with Gasteiger partial charge in [-0.05, 0) is 32.4 Å². The van der Waals surface area contributed by atoms with Crippen LogP contribution in [0.1, 0.15) is 29.3 Å². The van der Waals surface area contributed by atoms with Crippen molar-refractivity contribution in [2.75, 3.05) is 6.54 Å². The van der Waals surface area contributed by atoms with Crippen LogP contribution in [0.3, 0.4) is 0 Å². The molecule has 2 saturated heterocycles. The van der Waals surface area contributed by atoms with Crippen molar-refractivity contribution in [2.45, 2.75) is 38.4 Å². The average molecular weight is 301 g/mol. The first-order valence-electron chi connectivity index (χ1n) is 7.44. The standard InChI is InChI=1S/C16H19N3O3/c1-9-3-5-11(6-4-9)14(20)18-12-7-13-15(21)17-10(2)16(22)19(13)8-12/h3-6,10,12-13H,7-8H2,1-2H3,(H,17,21)(H,18,20)/t10-,12+,13+/m1/s1. The number of aryl methyl sites for hydroxylation is 1. The van der Waals surface area contributed by atoms with E-state index in [9.17, 15) is 14.4 Å². The molecule has 3 amide bonds.